The van der Waals surface area contributed by atoms with Crippen LogP contribution in [-0.4, -0.2) is 82.8 Å². The zero-order valence-electron chi connectivity index (χ0n) is 15.6. The van der Waals surface area contributed by atoms with Crippen LogP contribution < -0.4 is 0 Å². The maximum atomic E-state index is 12.5. The van der Waals surface area contributed by atoms with E-state index in [0.29, 0.717) is 38.5 Å². The molecule has 2 aliphatic rings. The molecule has 150 valence electrons. The third-order valence-corrected chi connectivity index (χ3v) is 4.82. The van der Waals surface area contributed by atoms with E-state index in [2.05, 4.69) is 10.3 Å². The number of rotatable bonds is 10. The predicted octanol–water partition coefficient (Wildman–Crippen LogP) is 0.541. The Hall–Kier alpha value is -2.33. The van der Waals surface area contributed by atoms with Crippen molar-refractivity contribution >= 4 is 5.91 Å². The summed E-state index contributed by atoms with van der Waals surface area (Å²) in [6.07, 6.45) is 3.01. The molecular formula is C19H24N4O5. The molecule has 2 aliphatic heterocycles. The predicted molar refractivity (Wildman–Crippen MR) is 98.5 cm³/mol. The fourth-order valence-electron chi connectivity index (χ4n) is 3.26. The lowest BCUT2D eigenvalue weighted by Crippen LogP contribution is -2.31. The van der Waals surface area contributed by atoms with Gasteiger partial charge in [-0.05, 0) is 18.6 Å². The lowest BCUT2D eigenvalue weighted by molar-refractivity contribution is 0.0302. The molecular weight excluding hydrogens is 364 g/mol. The van der Waals surface area contributed by atoms with E-state index < -0.39 is 0 Å². The molecule has 2 fully saturated rings. The van der Waals surface area contributed by atoms with Crippen molar-refractivity contribution in [1.82, 2.24) is 19.9 Å². The van der Waals surface area contributed by atoms with Gasteiger partial charge >= 0.3 is 0 Å². The number of nitrogens with zero attached hydrogens (tertiary/aromatic N) is 4. The summed E-state index contributed by atoms with van der Waals surface area (Å²) in [6, 6.07) is 7.42. The summed E-state index contributed by atoms with van der Waals surface area (Å²) >= 11 is 0. The summed E-state index contributed by atoms with van der Waals surface area (Å²) in [6.45, 7) is 3.12. The molecule has 0 radical (unpaired) electrons. The highest BCUT2D eigenvalue weighted by Crippen LogP contribution is 2.36. The second kappa shape index (κ2) is 8.78. The average molecular weight is 388 g/mol. The van der Waals surface area contributed by atoms with Gasteiger partial charge in [-0.3, -0.25) is 4.79 Å². The van der Waals surface area contributed by atoms with E-state index in [4.69, 9.17) is 19.3 Å². The summed E-state index contributed by atoms with van der Waals surface area (Å²) in [5, 5.41) is 16.9. The van der Waals surface area contributed by atoms with Crippen molar-refractivity contribution in [2.45, 2.75) is 25.3 Å². The Morgan fingerprint density at radius 2 is 1.96 bits per heavy atom. The minimum Gasteiger partial charge on any atom is -0.394 e. The van der Waals surface area contributed by atoms with Crippen LogP contribution in [0.4, 0.5) is 0 Å². The van der Waals surface area contributed by atoms with Crippen molar-refractivity contribution in [2.24, 2.45) is 0 Å². The average Bonchev–Trinajstić information content (AvgIpc) is 3.14. The van der Waals surface area contributed by atoms with Crippen LogP contribution in [0, 0.1) is 0 Å². The molecule has 1 amide bonds. The number of ether oxygens (including phenoxy) is 3. The Balaban J connectivity index is 1.26. The topological polar surface area (TPSA) is 102 Å². The summed E-state index contributed by atoms with van der Waals surface area (Å²) in [5.74, 6) is 0.0142. The van der Waals surface area contributed by atoms with Gasteiger partial charge in [0.25, 0.3) is 5.91 Å². The fraction of sp³-hybridized carbons (Fsp3) is 0.526. The number of fused-ring (bicyclic) bond motifs is 1. The Morgan fingerprint density at radius 3 is 2.64 bits per heavy atom. The molecule has 2 atom stereocenters. The van der Waals surface area contributed by atoms with E-state index in [1.807, 2.05) is 30.5 Å². The molecule has 0 spiro atoms. The number of aromatic nitrogens is 3. The fourth-order valence-corrected chi connectivity index (χ4v) is 3.26. The second-order valence-corrected chi connectivity index (χ2v) is 6.74. The number of carbonyl (C=O) groups is 1. The van der Waals surface area contributed by atoms with Gasteiger partial charge in [-0.15, -0.1) is 5.10 Å². The van der Waals surface area contributed by atoms with Crippen molar-refractivity contribution in [2.75, 3.05) is 39.6 Å². The number of epoxide rings is 1. The molecule has 0 bridgehead atoms. The minimum atomic E-state index is -0.0180. The highest BCUT2D eigenvalue weighted by molar-refractivity contribution is 5.95. The van der Waals surface area contributed by atoms with Gasteiger partial charge in [0, 0.05) is 17.7 Å². The Labute approximate surface area is 162 Å². The van der Waals surface area contributed by atoms with E-state index in [9.17, 15) is 4.79 Å². The first kappa shape index (κ1) is 19.0. The number of likely N-dealkylation sites (tertiary alicyclic amines) is 1. The first-order chi connectivity index (χ1) is 13.8. The van der Waals surface area contributed by atoms with Crippen LogP contribution in [0.3, 0.4) is 0 Å². The van der Waals surface area contributed by atoms with Crippen LogP contribution in [0.2, 0.25) is 0 Å². The minimum absolute atomic E-state index is 0.0142. The number of hydrogen-bond donors (Lipinski definition) is 1. The Bertz CT molecular complexity index is 794. The molecule has 1 aromatic heterocycles. The van der Waals surface area contributed by atoms with Crippen LogP contribution in [0.1, 0.15) is 16.8 Å². The SMILES string of the molecule is O=C(c1ccc(-c2cn(CCOCCOCCO)nn2)cc1)N1CCC2OC21. The van der Waals surface area contributed by atoms with Gasteiger partial charge in [-0.1, -0.05) is 17.3 Å². The van der Waals surface area contributed by atoms with Crippen molar-refractivity contribution < 1.29 is 24.1 Å². The maximum Gasteiger partial charge on any atom is 0.255 e. The first-order valence-corrected chi connectivity index (χ1v) is 9.49. The molecule has 0 saturated carbocycles. The van der Waals surface area contributed by atoms with Gasteiger partial charge in [0.15, 0.2) is 6.23 Å². The van der Waals surface area contributed by atoms with E-state index in [-0.39, 0.29) is 24.8 Å². The third kappa shape index (κ3) is 4.39. The van der Waals surface area contributed by atoms with Gasteiger partial charge in [-0.25, -0.2) is 4.68 Å². The molecule has 0 aliphatic carbocycles. The smallest absolute Gasteiger partial charge is 0.255 e. The molecule has 1 aromatic carbocycles. The molecule has 4 rings (SSSR count). The summed E-state index contributed by atoms with van der Waals surface area (Å²) in [7, 11) is 0. The molecule has 3 heterocycles. The first-order valence-electron chi connectivity index (χ1n) is 9.49. The Kier molecular flexibility index (Phi) is 5.96. The highest BCUT2D eigenvalue weighted by atomic mass is 16.6. The third-order valence-electron chi connectivity index (χ3n) is 4.82. The summed E-state index contributed by atoms with van der Waals surface area (Å²) in [5.41, 5.74) is 2.31. The number of carbonyl (C=O) groups excluding carboxylic acids is 1. The van der Waals surface area contributed by atoms with E-state index in [0.717, 1.165) is 24.2 Å². The molecule has 2 aromatic rings. The number of benzene rings is 1. The van der Waals surface area contributed by atoms with Crippen molar-refractivity contribution in [3.05, 3.63) is 36.0 Å². The lowest BCUT2D eigenvalue weighted by Gasteiger charge is -2.16. The largest absolute Gasteiger partial charge is 0.394 e. The standard InChI is InChI=1S/C19H24N4O5/c24-8-10-27-12-11-26-9-7-22-13-16(20-21-22)14-1-3-15(4-2-14)18(25)23-6-5-17-19(23)28-17/h1-4,13,17,19,24H,5-12H2. The summed E-state index contributed by atoms with van der Waals surface area (Å²) in [4.78, 5) is 14.3. The Morgan fingerprint density at radius 1 is 1.18 bits per heavy atom. The van der Waals surface area contributed by atoms with Crippen LogP contribution in [0.25, 0.3) is 11.3 Å². The van der Waals surface area contributed by atoms with Crippen molar-refractivity contribution in [3.8, 4) is 11.3 Å². The molecule has 2 saturated heterocycles. The molecule has 9 nitrogen and oxygen atoms in total. The lowest BCUT2D eigenvalue weighted by atomic mass is 10.1. The van der Waals surface area contributed by atoms with Crippen LogP contribution in [0.15, 0.2) is 30.5 Å². The maximum absolute atomic E-state index is 12.5. The number of aliphatic hydroxyl groups excluding tert-OH is 1. The van der Waals surface area contributed by atoms with Crippen LogP contribution in [0.5, 0.6) is 0 Å². The van der Waals surface area contributed by atoms with Gasteiger partial charge in [0.2, 0.25) is 0 Å². The quantitative estimate of drug-likeness (QED) is 0.468. The van der Waals surface area contributed by atoms with Crippen LogP contribution in [-0.2, 0) is 20.8 Å². The van der Waals surface area contributed by atoms with Gasteiger partial charge in [0.05, 0.1) is 45.8 Å². The van der Waals surface area contributed by atoms with Gasteiger partial charge < -0.3 is 24.2 Å². The van der Waals surface area contributed by atoms with E-state index in [1.165, 1.54) is 0 Å². The highest BCUT2D eigenvalue weighted by Gasteiger charge is 2.51. The monoisotopic (exact) mass is 388 g/mol. The number of amides is 1. The summed E-state index contributed by atoms with van der Waals surface area (Å²) < 4.78 is 17.7. The zero-order valence-corrected chi connectivity index (χ0v) is 15.6. The molecule has 28 heavy (non-hydrogen) atoms. The van der Waals surface area contributed by atoms with Crippen molar-refractivity contribution in [1.29, 1.82) is 0 Å². The molecule has 2 unspecified atom stereocenters. The van der Waals surface area contributed by atoms with Crippen molar-refractivity contribution in [3.63, 3.8) is 0 Å². The zero-order chi connectivity index (χ0) is 19.3. The van der Waals surface area contributed by atoms with Gasteiger partial charge in [0.1, 0.15) is 11.8 Å². The van der Waals surface area contributed by atoms with E-state index in [1.54, 1.807) is 9.58 Å². The van der Waals surface area contributed by atoms with Gasteiger partial charge in [-0.2, -0.15) is 0 Å². The van der Waals surface area contributed by atoms with E-state index >= 15 is 0 Å². The molecule has 9 heteroatoms. The molecule has 1 N–H and O–H groups in total. The normalized spacial score (nSPS) is 20.4. The number of hydrogen-bond acceptors (Lipinski definition) is 7. The second-order valence-electron chi connectivity index (χ2n) is 6.74. The number of aliphatic hydroxyl groups is 1. The van der Waals surface area contributed by atoms with Crippen LogP contribution >= 0.6 is 0 Å².